The molecule has 14 heavy (non-hydrogen) atoms. The molecule has 0 atom stereocenters. The van der Waals surface area contributed by atoms with Crippen LogP contribution in [0.15, 0.2) is 23.1 Å². The number of thioether (sulfide) groups is 1. The molecule has 0 amide bonds. The third-order valence-electron chi connectivity index (χ3n) is 2.28. The van der Waals surface area contributed by atoms with Gasteiger partial charge in [0.15, 0.2) is 5.75 Å². The molecule has 0 unspecified atom stereocenters. The van der Waals surface area contributed by atoms with Crippen LogP contribution in [-0.2, 0) is 0 Å². The molecule has 2 rings (SSSR count). The van der Waals surface area contributed by atoms with Gasteiger partial charge in [-0.3, -0.25) is 0 Å². The Hall–Kier alpha value is -0.830. The van der Waals surface area contributed by atoms with E-state index in [0.29, 0.717) is 6.10 Å². The van der Waals surface area contributed by atoms with E-state index in [9.17, 15) is 0 Å². The Labute approximate surface area is 89.0 Å². The predicted octanol–water partition coefficient (Wildman–Crippen LogP) is 2.99. The molecule has 1 saturated carbocycles. The Morgan fingerprint density at radius 3 is 2.79 bits per heavy atom. The lowest BCUT2D eigenvalue weighted by molar-refractivity contribution is 0.297. The first-order valence-corrected chi connectivity index (χ1v) is 6.09. The van der Waals surface area contributed by atoms with E-state index in [2.05, 4.69) is 29.8 Å². The van der Waals surface area contributed by atoms with Gasteiger partial charge in [0.1, 0.15) is 0 Å². The topological polar surface area (TPSA) is 21.3 Å². The summed E-state index contributed by atoms with van der Waals surface area (Å²) in [6.07, 6.45) is 4.93. The zero-order valence-corrected chi connectivity index (χ0v) is 9.36. The molecule has 1 aliphatic carbocycles. The minimum absolute atomic E-state index is 0.454. The van der Waals surface area contributed by atoms with Crippen molar-refractivity contribution in [2.75, 3.05) is 18.6 Å². The molecule has 1 aliphatic rings. The maximum atomic E-state index is 5.89. The number of rotatable bonds is 4. The summed E-state index contributed by atoms with van der Waals surface area (Å²) in [5, 5.41) is 3.17. The van der Waals surface area contributed by atoms with Gasteiger partial charge in [0.2, 0.25) is 0 Å². The van der Waals surface area contributed by atoms with Crippen LogP contribution in [0.4, 0.5) is 5.69 Å². The summed E-state index contributed by atoms with van der Waals surface area (Å²) in [7, 11) is 1.93. The fourth-order valence-electron chi connectivity index (χ4n) is 1.35. The van der Waals surface area contributed by atoms with Crippen molar-refractivity contribution >= 4 is 17.4 Å². The second-order valence-corrected chi connectivity index (χ2v) is 4.25. The van der Waals surface area contributed by atoms with E-state index in [1.165, 1.54) is 17.7 Å². The Morgan fingerprint density at radius 1 is 1.43 bits per heavy atom. The number of nitrogens with one attached hydrogen (secondary N) is 1. The Kier molecular flexibility index (Phi) is 2.87. The average molecular weight is 209 g/mol. The molecule has 0 aliphatic heterocycles. The zero-order chi connectivity index (χ0) is 9.97. The molecule has 0 bridgehead atoms. The van der Waals surface area contributed by atoms with E-state index in [4.69, 9.17) is 4.74 Å². The van der Waals surface area contributed by atoms with E-state index < -0.39 is 0 Å². The van der Waals surface area contributed by atoms with Crippen molar-refractivity contribution in [2.45, 2.75) is 23.8 Å². The van der Waals surface area contributed by atoms with Gasteiger partial charge >= 0.3 is 0 Å². The van der Waals surface area contributed by atoms with Crippen LogP contribution in [0, 0.1) is 0 Å². The summed E-state index contributed by atoms with van der Waals surface area (Å²) < 4.78 is 5.89. The van der Waals surface area contributed by atoms with Crippen LogP contribution >= 0.6 is 11.8 Å². The third-order valence-corrected chi connectivity index (χ3v) is 3.04. The van der Waals surface area contributed by atoms with Crippen LogP contribution in [0.25, 0.3) is 0 Å². The molecule has 0 radical (unpaired) electrons. The standard InChI is InChI=1S/C11H15NOS/c1-12-9-4-3-5-10(14-2)11(9)13-8-6-7-8/h3-5,8,12H,6-7H2,1-2H3. The molecule has 0 heterocycles. The Balaban J connectivity index is 2.29. The van der Waals surface area contributed by atoms with Gasteiger partial charge in [0.25, 0.3) is 0 Å². The molecular formula is C11H15NOS. The van der Waals surface area contributed by atoms with E-state index in [1.807, 2.05) is 7.05 Å². The van der Waals surface area contributed by atoms with Crippen LogP contribution in [0.1, 0.15) is 12.8 Å². The first-order chi connectivity index (χ1) is 6.85. The van der Waals surface area contributed by atoms with Crippen molar-refractivity contribution in [3.05, 3.63) is 18.2 Å². The average Bonchev–Trinajstić information content (AvgIpc) is 3.02. The lowest BCUT2D eigenvalue weighted by Gasteiger charge is -2.13. The third kappa shape index (κ3) is 1.98. The highest BCUT2D eigenvalue weighted by Gasteiger charge is 2.25. The van der Waals surface area contributed by atoms with E-state index in [1.54, 1.807) is 11.8 Å². The lowest BCUT2D eigenvalue weighted by Crippen LogP contribution is -2.01. The van der Waals surface area contributed by atoms with Crippen molar-refractivity contribution < 1.29 is 4.74 Å². The molecule has 3 heteroatoms. The van der Waals surface area contributed by atoms with Crippen molar-refractivity contribution in [1.82, 2.24) is 0 Å². The fourth-order valence-corrected chi connectivity index (χ4v) is 1.91. The lowest BCUT2D eigenvalue weighted by atomic mass is 10.3. The maximum Gasteiger partial charge on any atom is 0.156 e. The minimum atomic E-state index is 0.454. The SMILES string of the molecule is CNc1cccc(SC)c1OC1CC1. The Bertz CT molecular complexity index is 301. The van der Waals surface area contributed by atoms with Crippen LogP contribution in [0.5, 0.6) is 5.75 Å². The summed E-state index contributed by atoms with van der Waals surface area (Å²) >= 11 is 1.73. The van der Waals surface area contributed by atoms with Crippen LogP contribution in [0.2, 0.25) is 0 Å². The smallest absolute Gasteiger partial charge is 0.156 e. The molecule has 0 spiro atoms. The van der Waals surface area contributed by atoms with Crippen molar-refractivity contribution in [3.8, 4) is 5.75 Å². The molecule has 0 aromatic heterocycles. The molecule has 1 aromatic carbocycles. The summed E-state index contributed by atoms with van der Waals surface area (Å²) in [5.41, 5.74) is 1.09. The van der Waals surface area contributed by atoms with Gasteiger partial charge in [0, 0.05) is 7.05 Å². The van der Waals surface area contributed by atoms with Gasteiger partial charge in [-0.2, -0.15) is 0 Å². The largest absolute Gasteiger partial charge is 0.487 e. The predicted molar refractivity (Wildman–Crippen MR) is 61.4 cm³/mol. The van der Waals surface area contributed by atoms with E-state index >= 15 is 0 Å². The van der Waals surface area contributed by atoms with Crippen LogP contribution in [-0.4, -0.2) is 19.4 Å². The summed E-state index contributed by atoms with van der Waals surface area (Å²) in [5.74, 6) is 1.02. The molecule has 1 aromatic rings. The second kappa shape index (κ2) is 4.13. The van der Waals surface area contributed by atoms with Gasteiger partial charge in [-0.25, -0.2) is 0 Å². The number of para-hydroxylation sites is 1. The summed E-state index contributed by atoms with van der Waals surface area (Å²) in [6, 6.07) is 6.21. The number of hydrogen-bond acceptors (Lipinski definition) is 3. The van der Waals surface area contributed by atoms with Gasteiger partial charge in [-0.1, -0.05) is 6.07 Å². The highest BCUT2D eigenvalue weighted by Crippen LogP contribution is 2.38. The van der Waals surface area contributed by atoms with Crippen LogP contribution in [0.3, 0.4) is 0 Å². The quantitative estimate of drug-likeness (QED) is 0.770. The number of ether oxygens (including phenoxy) is 1. The highest BCUT2D eigenvalue weighted by atomic mass is 32.2. The molecule has 2 nitrogen and oxygen atoms in total. The minimum Gasteiger partial charge on any atom is -0.487 e. The van der Waals surface area contributed by atoms with Gasteiger partial charge < -0.3 is 10.1 Å². The number of hydrogen-bond donors (Lipinski definition) is 1. The van der Waals surface area contributed by atoms with Crippen LogP contribution < -0.4 is 10.1 Å². The highest BCUT2D eigenvalue weighted by molar-refractivity contribution is 7.98. The molecule has 76 valence electrons. The van der Waals surface area contributed by atoms with E-state index in [-0.39, 0.29) is 0 Å². The molecule has 0 saturated heterocycles. The van der Waals surface area contributed by atoms with Crippen molar-refractivity contribution in [2.24, 2.45) is 0 Å². The van der Waals surface area contributed by atoms with Gasteiger partial charge in [-0.15, -0.1) is 11.8 Å². The fraction of sp³-hybridized carbons (Fsp3) is 0.455. The number of benzene rings is 1. The Morgan fingerprint density at radius 2 is 2.21 bits per heavy atom. The summed E-state index contributed by atoms with van der Waals surface area (Å²) in [6.45, 7) is 0. The second-order valence-electron chi connectivity index (χ2n) is 3.40. The first-order valence-electron chi connectivity index (χ1n) is 4.86. The van der Waals surface area contributed by atoms with Crippen molar-refractivity contribution in [3.63, 3.8) is 0 Å². The zero-order valence-electron chi connectivity index (χ0n) is 8.54. The normalized spacial score (nSPS) is 15.3. The molecule has 1 fully saturated rings. The number of anilines is 1. The molecule has 1 N–H and O–H groups in total. The summed E-state index contributed by atoms with van der Waals surface area (Å²) in [4.78, 5) is 1.21. The van der Waals surface area contributed by atoms with Gasteiger partial charge in [0.05, 0.1) is 16.7 Å². The van der Waals surface area contributed by atoms with E-state index in [0.717, 1.165) is 11.4 Å². The molecular weight excluding hydrogens is 194 g/mol. The van der Waals surface area contributed by atoms with Gasteiger partial charge in [-0.05, 0) is 31.2 Å². The first kappa shape index (κ1) is 9.71. The maximum absolute atomic E-state index is 5.89. The van der Waals surface area contributed by atoms with Crippen molar-refractivity contribution in [1.29, 1.82) is 0 Å². The monoisotopic (exact) mass is 209 g/mol.